The lowest BCUT2D eigenvalue weighted by Gasteiger charge is -2.11. The van der Waals surface area contributed by atoms with E-state index in [1.54, 1.807) is 0 Å². The van der Waals surface area contributed by atoms with Crippen molar-refractivity contribution >= 4 is 55.6 Å². The van der Waals surface area contributed by atoms with Gasteiger partial charge in [-0.15, -0.1) is 0 Å². The molecule has 0 saturated heterocycles. The van der Waals surface area contributed by atoms with E-state index in [-0.39, 0.29) is 10.6 Å². The average molecular weight is 437 g/mol. The van der Waals surface area contributed by atoms with E-state index in [1.807, 2.05) is 0 Å². The second kappa shape index (κ2) is 6.74. The number of nitrogens with one attached hydrogen (secondary N) is 2. The lowest BCUT2D eigenvalue weighted by molar-refractivity contribution is -0.0885. The lowest BCUT2D eigenvalue weighted by atomic mass is 10.1. The highest BCUT2D eigenvalue weighted by atomic mass is 35.5. The number of benzene rings is 2. The van der Waals surface area contributed by atoms with Crippen molar-refractivity contribution < 1.29 is 26.4 Å². The van der Waals surface area contributed by atoms with Crippen LogP contribution < -0.4 is 4.72 Å². The Hall–Kier alpha value is -2.23. The number of fused-ring (bicyclic) bond motifs is 1. The average Bonchev–Trinajstić information content (AvgIpc) is 2.99. The zero-order valence-electron chi connectivity index (χ0n) is 13.1. The Bertz CT molecular complexity index is 1140. The predicted molar refractivity (Wildman–Crippen MR) is 96.0 cm³/mol. The number of halogens is 5. The van der Waals surface area contributed by atoms with Crippen molar-refractivity contribution in [3.05, 3.63) is 58.2 Å². The molecule has 11 heteroatoms. The molecule has 1 aromatic heterocycles. The van der Waals surface area contributed by atoms with Gasteiger partial charge in [0.15, 0.2) is 0 Å². The molecule has 0 saturated carbocycles. The number of ketones is 1. The number of aromatic amines is 1. The first-order valence-electron chi connectivity index (χ1n) is 7.20. The van der Waals surface area contributed by atoms with E-state index in [9.17, 15) is 26.4 Å². The minimum Gasteiger partial charge on any atom is -0.358 e. The van der Waals surface area contributed by atoms with Crippen LogP contribution in [-0.4, -0.2) is 25.4 Å². The highest BCUT2D eigenvalue weighted by Gasteiger charge is 2.39. The second-order valence-corrected chi connectivity index (χ2v) is 7.94. The minimum absolute atomic E-state index is 0.150. The first kappa shape index (κ1) is 19.5. The number of anilines is 1. The van der Waals surface area contributed by atoms with Gasteiger partial charge in [-0.2, -0.15) is 13.2 Å². The molecular weight excluding hydrogens is 428 g/mol. The Balaban J connectivity index is 1.94. The van der Waals surface area contributed by atoms with Crippen molar-refractivity contribution in [3.8, 4) is 0 Å². The summed E-state index contributed by atoms with van der Waals surface area (Å²) in [5.41, 5.74) is -0.164. The topological polar surface area (TPSA) is 79.0 Å². The van der Waals surface area contributed by atoms with E-state index in [0.29, 0.717) is 20.9 Å². The molecule has 3 aromatic rings. The summed E-state index contributed by atoms with van der Waals surface area (Å²) in [5, 5.41) is 1.03. The standard InChI is InChI=1S/C16H9Cl2F3N2O3S/c17-10-5-6-12(14-13(10)11(18)7-22-14)23-27(25,26)9-3-1-8(2-4-9)15(24)16(19,20)21/h1-7,22-23H. The number of sulfonamides is 1. The number of carbonyl (C=O) groups excluding carboxylic acids is 1. The second-order valence-electron chi connectivity index (χ2n) is 5.44. The largest absolute Gasteiger partial charge is 0.454 e. The van der Waals surface area contributed by atoms with Gasteiger partial charge in [-0.3, -0.25) is 9.52 Å². The van der Waals surface area contributed by atoms with Crippen LogP contribution in [0.15, 0.2) is 47.5 Å². The molecule has 0 aliphatic carbocycles. The summed E-state index contributed by atoms with van der Waals surface area (Å²) < 4.78 is 64.7. The van der Waals surface area contributed by atoms with Crippen LogP contribution in [0.25, 0.3) is 10.9 Å². The summed E-state index contributed by atoms with van der Waals surface area (Å²) in [7, 11) is -4.14. The molecule has 2 N–H and O–H groups in total. The molecule has 0 aliphatic rings. The molecule has 1 heterocycles. The van der Waals surface area contributed by atoms with Crippen molar-refractivity contribution in [2.45, 2.75) is 11.1 Å². The van der Waals surface area contributed by atoms with Crippen molar-refractivity contribution in [3.63, 3.8) is 0 Å². The zero-order chi connectivity index (χ0) is 20.0. The third-order valence-electron chi connectivity index (χ3n) is 3.67. The van der Waals surface area contributed by atoms with Crippen molar-refractivity contribution in [2.24, 2.45) is 0 Å². The van der Waals surface area contributed by atoms with E-state index >= 15 is 0 Å². The molecule has 0 bridgehead atoms. The summed E-state index contributed by atoms with van der Waals surface area (Å²) in [5.74, 6) is -2.06. The molecule has 0 atom stereocenters. The van der Waals surface area contributed by atoms with Gasteiger partial charge in [0.1, 0.15) is 0 Å². The first-order valence-corrected chi connectivity index (χ1v) is 9.44. The third kappa shape index (κ3) is 3.76. The number of rotatable bonds is 4. The van der Waals surface area contributed by atoms with Gasteiger partial charge in [-0.25, -0.2) is 8.42 Å². The third-order valence-corrected chi connectivity index (χ3v) is 5.66. The van der Waals surface area contributed by atoms with Gasteiger partial charge in [0.05, 0.1) is 26.1 Å². The Morgan fingerprint density at radius 3 is 2.22 bits per heavy atom. The highest BCUT2D eigenvalue weighted by Crippen LogP contribution is 2.35. The van der Waals surface area contributed by atoms with Crippen LogP contribution in [-0.2, 0) is 10.0 Å². The van der Waals surface area contributed by atoms with Crippen molar-refractivity contribution in [1.82, 2.24) is 4.98 Å². The monoisotopic (exact) mass is 436 g/mol. The van der Waals surface area contributed by atoms with E-state index < -0.39 is 27.5 Å². The first-order chi connectivity index (χ1) is 12.5. The minimum atomic E-state index is -5.04. The number of hydrogen-bond donors (Lipinski definition) is 2. The van der Waals surface area contributed by atoms with Crippen molar-refractivity contribution in [1.29, 1.82) is 0 Å². The molecular formula is C16H9Cl2F3N2O3S. The summed E-state index contributed by atoms with van der Waals surface area (Å²) in [6.45, 7) is 0. The van der Waals surface area contributed by atoms with E-state index in [0.717, 1.165) is 24.3 Å². The summed E-state index contributed by atoms with van der Waals surface area (Å²) in [4.78, 5) is 13.7. The summed E-state index contributed by atoms with van der Waals surface area (Å²) in [6, 6.07) is 6.29. The quantitative estimate of drug-likeness (QED) is 0.563. The van der Waals surface area contributed by atoms with Gasteiger partial charge in [0.2, 0.25) is 0 Å². The van der Waals surface area contributed by atoms with Gasteiger partial charge >= 0.3 is 6.18 Å². The molecule has 0 spiro atoms. The maximum Gasteiger partial charge on any atom is 0.454 e. The molecule has 0 amide bonds. The number of carbonyl (C=O) groups is 1. The van der Waals surface area contributed by atoms with Crippen LogP contribution in [0.5, 0.6) is 0 Å². The maximum atomic E-state index is 12.5. The Kier molecular flexibility index (Phi) is 4.87. The fourth-order valence-corrected chi connectivity index (χ4v) is 4.04. The van der Waals surface area contributed by atoms with Gasteiger partial charge < -0.3 is 4.98 Å². The molecule has 27 heavy (non-hydrogen) atoms. The van der Waals surface area contributed by atoms with E-state index in [2.05, 4.69) is 9.71 Å². The van der Waals surface area contributed by atoms with Crippen molar-refractivity contribution in [2.75, 3.05) is 4.72 Å². The number of hydrogen-bond acceptors (Lipinski definition) is 3. The summed E-state index contributed by atoms with van der Waals surface area (Å²) in [6.07, 6.45) is -3.60. The number of aromatic nitrogens is 1. The van der Waals surface area contributed by atoms with Crippen LogP contribution in [0.2, 0.25) is 10.0 Å². The lowest BCUT2D eigenvalue weighted by Crippen LogP contribution is -2.22. The Morgan fingerprint density at radius 2 is 1.63 bits per heavy atom. The smallest absolute Gasteiger partial charge is 0.358 e. The van der Waals surface area contributed by atoms with Crippen LogP contribution in [0.3, 0.4) is 0 Å². The van der Waals surface area contributed by atoms with Crippen LogP contribution in [0, 0.1) is 0 Å². The van der Waals surface area contributed by atoms with E-state index in [4.69, 9.17) is 23.2 Å². The molecule has 0 aliphatic heterocycles. The summed E-state index contributed by atoms with van der Waals surface area (Å²) >= 11 is 12.0. The normalized spacial score (nSPS) is 12.3. The number of alkyl halides is 3. The SMILES string of the molecule is O=C(c1ccc(S(=O)(=O)Nc2ccc(Cl)c3c(Cl)c[nH]c23)cc1)C(F)(F)F. The Labute approximate surface area is 161 Å². The number of Topliss-reactive ketones (excluding diaryl/α,β-unsaturated/α-hetero) is 1. The molecule has 142 valence electrons. The Morgan fingerprint density at radius 1 is 1.00 bits per heavy atom. The van der Waals surface area contributed by atoms with Gasteiger partial charge in [-0.05, 0) is 36.4 Å². The van der Waals surface area contributed by atoms with Gasteiger partial charge in [-0.1, -0.05) is 23.2 Å². The van der Waals surface area contributed by atoms with E-state index in [1.165, 1.54) is 18.3 Å². The molecule has 0 radical (unpaired) electrons. The van der Waals surface area contributed by atoms with Crippen LogP contribution in [0.1, 0.15) is 10.4 Å². The van der Waals surface area contributed by atoms with Crippen LogP contribution in [0.4, 0.5) is 18.9 Å². The molecule has 3 rings (SSSR count). The maximum absolute atomic E-state index is 12.5. The van der Waals surface area contributed by atoms with Gasteiger partial charge in [0, 0.05) is 17.1 Å². The predicted octanol–water partition coefficient (Wildman–Crippen LogP) is 5.02. The molecule has 2 aromatic carbocycles. The highest BCUT2D eigenvalue weighted by molar-refractivity contribution is 7.92. The molecule has 0 unspecified atom stereocenters. The van der Waals surface area contributed by atoms with Crippen LogP contribution >= 0.6 is 23.2 Å². The molecule has 0 fully saturated rings. The number of H-pyrrole nitrogens is 1. The molecule has 5 nitrogen and oxygen atoms in total. The zero-order valence-corrected chi connectivity index (χ0v) is 15.4. The fourth-order valence-electron chi connectivity index (χ4n) is 2.41. The van der Waals surface area contributed by atoms with Gasteiger partial charge in [0.25, 0.3) is 15.8 Å². The fraction of sp³-hybridized carbons (Fsp3) is 0.0625.